The Morgan fingerprint density at radius 2 is 2.42 bits per heavy atom. The van der Waals surface area contributed by atoms with E-state index in [1.54, 1.807) is 18.8 Å². The molecule has 0 radical (unpaired) electrons. The molecule has 1 aromatic rings. The summed E-state index contributed by atoms with van der Waals surface area (Å²) >= 11 is 1.79. The monoisotopic (exact) mass is 187 g/mol. The molecule has 0 aliphatic heterocycles. The van der Waals surface area contributed by atoms with E-state index >= 15 is 0 Å². The number of aromatic nitrogens is 4. The van der Waals surface area contributed by atoms with E-state index in [2.05, 4.69) is 15.4 Å². The van der Waals surface area contributed by atoms with Crippen LogP contribution in [0.3, 0.4) is 0 Å². The summed E-state index contributed by atoms with van der Waals surface area (Å²) in [6.45, 7) is 0.751. The Morgan fingerprint density at radius 1 is 1.58 bits per heavy atom. The van der Waals surface area contributed by atoms with Crippen molar-refractivity contribution in [2.45, 2.75) is 12.2 Å². The molecule has 0 bridgehead atoms. The van der Waals surface area contributed by atoms with E-state index in [1.807, 2.05) is 0 Å². The third kappa shape index (κ3) is 3.19. The molecule has 68 valence electrons. The first-order valence-corrected chi connectivity index (χ1v) is 4.99. The van der Waals surface area contributed by atoms with Crippen LogP contribution >= 0.6 is 11.8 Å². The standard InChI is InChI=1S/C6H13N5S/c1-11-9-6(8-10-11)5-12-4-2-3-7/h2-5,7H2,1H3. The van der Waals surface area contributed by atoms with Gasteiger partial charge < -0.3 is 5.73 Å². The summed E-state index contributed by atoms with van der Waals surface area (Å²) in [7, 11) is 1.76. The van der Waals surface area contributed by atoms with Crippen LogP contribution in [0.2, 0.25) is 0 Å². The lowest BCUT2D eigenvalue weighted by Gasteiger charge is -1.94. The molecule has 0 atom stereocenters. The number of tetrazole rings is 1. The van der Waals surface area contributed by atoms with Gasteiger partial charge in [-0.3, -0.25) is 0 Å². The zero-order valence-electron chi connectivity index (χ0n) is 7.10. The van der Waals surface area contributed by atoms with E-state index < -0.39 is 0 Å². The Balaban J connectivity index is 2.15. The predicted molar refractivity (Wildman–Crippen MR) is 48.6 cm³/mol. The van der Waals surface area contributed by atoms with Crippen LogP contribution < -0.4 is 5.73 Å². The Hall–Kier alpha value is -0.620. The molecular weight excluding hydrogens is 174 g/mol. The van der Waals surface area contributed by atoms with Crippen LogP contribution in [-0.4, -0.2) is 32.5 Å². The summed E-state index contributed by atoms with van der Waals surface area (Å²) in [5, 5.41) is 11.6. The van der Waals surface area contributed by atoms with Gasteiger partial charge in [-0.1, -0.05) is 0 Å². The van der Waals surface area contributed by atoms with Crippen molar-refractivity contribution in [1.29, 1.82) is 0 Å². The van der Waals surface area contributed by atoms with Gasteiger partial charge in [0, 0.05) is 0 Å². The second kappa shape index (κ2) is 5.10. The predicted octanol–water partition coefficient (Wildman–Crippen LogP) is -0.208. The van der Waals surface area contributed by atoms with Crippen molar-refractivity contribution >= 4 is 11.8 Å². The van der Waals surface area contributed by atoms with Crippen molar-refractivity contribution in [3.8, 4) is 0 Å². The molecule has 0 fully saturated rings. The van der Waals surface area contributed by atoms with Crippen LogP contribution in [0.4, 0.5) is 0 Å². The van der Waals surface area contributed by atoms with Crippen molar-refractivity contribution in [1.82, 2.24) is 20.2 Å². The minimum Gasteiger partial charge on any atom is -0.330 e. The Kier molecular flexibility index (Phi) is 4.02. The van der Waals surface area contributed by atoms with Crippen molar-refractivity contribution in [3.63, 3.8) is 0 Å². The fourth-order valence-electron chi connectivity index (χ4n) is 0.730. The van der Waals surface area contributed by atoms with Crippen LogP contribution in [-0.2, 0) is 12.8 Å². The molecule has 1 rings (SSSR count). The van der Waals surface area contributed by atoms with Gasteiger partial charge in [-0.05, 0) is 23.9 Å². The minimum absolute atomic E-state index is 0.751. The lowest BCUT2D eigenvalue weighted by atomic mass is 10.5. The van der Waals surface area contributed by atoms with E-state index in [1.165, 1.54) is 4.80 Å². The molecule has 0 saturated carbocycles. The Morgan fingerprint density at radius 3 is 3.00 bits per heavy atom. The summed E-state index contributed by atoms with van der Waals surface area (Å²) in [4.78, 5) is 1.47. The fourth-order valence-corrected chi connectivity index (χ4v) is 1.54. The molecule has 0 spiro atoms. The molecule has 0 aliphatic rings. The first-order valence-electron chi connectivity index (χ1n) is 3.83. The van der Waals surface area contributed by atoms with Gasteiger partial charge in [0.05, 0.1) is 12.8 Å². The third-order valence-electron chi connectivity index (χ3n) is 1.27. The van der Waals surface area contributed by atoms with E-state index in [4.69, 9.17) is 5.73 Å². The third-order valence-corrected chi connectivity index (χ3v) is 2.31. The van der Waals surface area contributed by atoms with Crippen LogP contribution in [0.15, 0.2) is 0 Å². The molecule has 0 saturated heterocycles. The highest BCUT2D eigenvalue weighted by molar-refractivity contribution is 7.98. The zero-order valence-corrected chi connectivity index (χ0v) is 7.92. The van der Waals surface area contributed by atoms with Gasteiger partial charge in [0.15, 0.2) is 5.82 Å². The van der Waals surface area contributed by atoms with Crippen molar-refractivity contribution in [2.24, 2.45) is 12.8 Å². The lowest BCUT2D eigenvalue weighted by molar-refractivity contribution is 0.628. The molecule has 12 heavy (non-hydrogen) atoms. The van der Waals surface area contributed by atoms with Crippen molar-refractivity contribution in [3.05, 3.63) is 5.82 Å². The van der Waals surface area contributed by atoms with E-state index in [9.17, 15) is 0 Å². The largest absolute Gasteiger partial charge is 0.330 e. The second-order valence-electron chi connectivity index (χ2n) is 2.39. The topological polar surface area (TPSA) is 69.6 Å². The number of hydrogen-bond donors (Lipinski definition) is 1. The van der Waals surface area contributed by atoms with E-state index in [0.29, 0.717) is 0 Å². The highest BCUT2D eigenvalue weighted by Crippen LogP contribution is 2.07. The summed E-state index contributed by atoms with van der Waals surface area (Å²) in [5.74, 6) is 2.68. The number of nitrogens with zero attached hydrogens (tertiary/aromatic N) is 4. The van der Waals surface area contributed by atoms with Crippen LogP contribution in [0.25, 0.3) is 0 Å². The highest BCUT2D eigenvalue weighted by Gasteiger charge is 1.98. The molecule has 0 unspecified atom stereocenters. The number of thioether (sulfide) groups is 1. The van der Waals surface area contributed by atoms with Gasteiger partial charge in [0.1, 0.15) is 0 Å². The maximum atomic E-state index is 5.35. The molecule has 1 heterocycles. The molecule has 0 aromatic carbocycles. The Bertz CT molecular complexity index is 223. The molecule has 1 aromatic heterocycles. The first-order chi connectivity index (χ1) is 5.83. The van der Waals surface area contributed by atoms with Crippen LogP contribution in [0.5, 0.6) is 0 Å². The van der Waals surface area contributed by atoms with Gasteiger partial charge in [-0.2, -0.15) is 16.6 Å². The fraction of sp³-hybridized carbons (Fsp3) is 0.833. The maximum Gasteiger partial charge on any atom is 0.184 e. The van der Waals surface area contributed by atoms with Crippen LogP contribution in [0.1, 0.15) is 12.2 Å². The number of nitrogens with two attached hydrogens (primary N) is 1. The van der Waals surface area contributed by atoms with Gasteiger partial charge in [-0.25, -0.2) is 0 Å². The van der Waals surface area contributed by atoms with Crippen molar-refractivity contribution in [2.75, 3.05) is 12.3 Å². The van der Waals surface area contributed by atoms with Gasteiger partial charge in [-0.15, -0.1) is 10.2 Å². The minimum atomic E-state index is 0.751. The number of hydrogen-bond acceptors (Lipinski definition) is 5. The molecular formula is C6H13N5S. The van der Waals surface area contributed by atoms with Gasteiger partial charge in [0.25, 0.3) is 0 Å². The lowest BCUT2D eigenvalue weighted by Crippen LogP contribution is -1.99. The summed E-state index contributed by atoms with van der Waals surface area (Å²) in [5.41, 5.74) is 5.35. The number of aryl methyl sites for hydroxylation is 1. The summed E-state index contributed by atoms with van der Waals surface area (Å²) in [6.07, 6.45) is 1.05. The maximum absolute atomic E-state index is 5.35. The molecule has 5 nitrogen and oxygen atoms in total. The van der Waals surface area contributed by atoms with E-state index in [-0.39, 0.29) is 0 Å². The average Bonchev–Trinajstić information content (AvgIpc) is 2.45. The van der Waals surface area contributed by atoms with Crippen molar-refractivity contribution < 1.29 is 0 Å². The smallest absolute Gasteiger partial charge is 0.184 e. The van der Waals surface area contributed by atoms with Gasteiger partial charge in [0.2, 0.25) is 0 Å². The Labute approximate surface area is 75.7 Å². The number of rotatable bonds is 5. The quantitative estimate of drug-likeness (QED) is 0.646. The second-order valence-corrected chi connectivity index (χ2v) is 3.50. The molecule has 2 N–H and O–H groups in total. The molecule has 6 heteroatoms. The SMILES string of the molecule is Cn1nnc(CSCCCN)n1. The summed E-state index contributed by atoms with van der Waals surface area (Å²) in [6, 6.07) is 0. The molecule has 0 amide bonds. The average molecular weight is 187 g/mol. The van der Waals surface area contributed by atoms with Crippen LogP contribution in [0, 0.1) is 0 Å². The normalized spacial score (nSPS) is 10.5. The van der Waals surface area contributed by atoms with Gasteiger partial charge >= 0.3 is 0 Å². The first kappa shape index (κ1) is 9.47. The van der Waals surface area contributed by atoms with E-state index in [0.717, 1.165) is 30.3 Å². The highest BCUT2D eigenvalue weighted by atomic mass is 32.2. The summed E-state index contributed by atoms with van der Waals surface area (Å²) < 4.78 is 0. The molecule has 0 aliphatic carbocycles. The zero-order chi connectivity index (χ0) is 8.81.